The summed E-state index contributed by atoms with van der Waals surface area (Å²) in [4.78, 5) is 12.4. The number of benzene rings is 2. The van der Waals surface area contributed by atoms with E-state index in [1.807, 2.05) is 0 Å². The summed E-state index contributed by atoms with van der Waals surface area (Å²) >= 11 is 0. The average Bonchev–Trinajstić information content (AvgIpc) is 3.12. The van der Waals surface area contributed by atoms with Crippen molar-refractivity contribution in [3.8, 4) is 17.1 Å². The number of nitrogens with one attached hydrogen (secondary N) is 1. The van der Waals surface area contributed by atoms with E-state index in [2.05, 4.69) is 5.32 Å². The van der Waals surface area contributed by atoms with E-state index in [1.54, 1.807) is 31.2 Å². The predicted octanol–water partition coefficient (Wildman–Crippen LogP) is 4.72. The predicted molar refractivity (Wildman–Crippen MR) is 92.9 cm³/mol. The lowest BCUT2D eigenvalue weighted by Gasteiger charge is -2.14. The number of hydrogen-bond donors (Lipinski definition) is 1. The van der Waals surface area contributed by atoms with Crippen molar-refractivity contribution in [2.24, 2.45) is 0 Å². The Morgan fingerprint density at radius 1 is 1.08 bits per heavy atom. The summed E-state index contributed by atoms with van der Waals surface area (Å²) in [6, 6.07) is 13.0. The number of furan rings is 1. The molecule has 0 unspecified atom stereocenters. The van der Waals surface area contributed by atoms with Gasteiger partial charge in [0.15, 0.2) is 17.3 Å². The number of methoxy groups -OCH3 is 1. The molecule has 0 bridgehead atoms. The number of carbonyl (C=O) groups excluding carboxylic acids is 1. The SMILES string of the molecule is COc1ccc([C@@H](C)NC(=O)c2ccc(-c3ccc(F)cc3)o2)cc1F. The van der Waals surface area contributed by atoms with Crippen molar-refractivity contribution in [3.63, 3.8) is 0 Å². The van der Waals surface area contributed by atoms with E-state index in [-0.39, 0.29) is 17.3 Å². The molecule has 2 aromatic carbocycles. The maximum atomic E-state index is 13.8. The van der Waals surface area contributed by atoms with E-state index in [4.69, 9.17) is 9.15 Å². The smallest absolute Gasteiger partial charge is 0.287 e. The Morgan fingerprint density at radius 3 is 2.46 bits per heavy atom. The van der Waals surface area contributed by atoms with Crippen molar-refractivity contribution in [2.75, 3.05) is 7.11 Å². The molecule has 1 aromatic heterocycles. The molecular formula is C20H17F2NO3. The van der Waals surface area contributed by atoms with Crippen LogP contribution in [0.25, 0.3) is 11.3 Å². The van der Waals surface area contributed by atoms with Crippen LogP contribution < -0.4 is 10.1 Å². The average molecular weight is 357 g/mol. The maximum Gasteiger partial charge on any atom is 0.287 e. The molecule has 3 aromatic rings. The van der Waals surface area contributed by atoms with Crippen LogP contribution in [0.3, 0.4) is 0 Å². The molecule has 0 radical (unpaired) electrons. The molecule has 1 amide bonds. The molecule has 3 rings (SSSR count). The van der Waals surface area contributed by atoms with Crippen LogP contribution >= 0.6 is 0 Å². The van der Waals surface area contributed by atoms with Gasteiger partial charge in [0, 0.05) is 5.56 Å². The largest absolute Gasteiger partial charge is 0.494 e. The normalized spacial score (nSPS) is 11.8. The standard InChI is InChI=1S/C20H17F2NO3/c1-12(14-5-8-18(25-2)16(22)11-14)23-20(24)19-10-9-17(26-19)13-3-6-15(21)7-4-13/h3-12H,1-2H3,(H,23,24)/t12-/m1/s1. The first-order chi connectivity index (χ1) is 12.5. The van der Waals surface area contributed by atoms with E-state index in [0.717, 1.165) is 0 Å². The number of halogens is 2. The third-order valence-electron chi connectivity index (χ3n) is 3.98. The summed E-state index contributed by atoms with van der Waals surface area (Å²) in [5.74, 6) is -0.561. The van der Waals surface area contributed by atoms with Crippen molar-refractivity contribution >= 4 is 5.91 Å². The molecule has 26 heavy (non-hydrogen) atoms. The summed E-state index contributed by atoms with van der Waals surface area (Å²) in [6.07, 6.45) is 0. The molecule has 0 saturated carbocycles. The van der Waals surface area contributed by atoms with Gasteiger partial charge in [0.2, 0.25) is 0 Å². The zero-order valence-corrected chi connectivity index (χ0v) is 14.3. The Morgan fingerprint density at radius 2 is 1.81 bits per heavy atom. The second-order valence-corrected chi connectivity index (χ2v) is 5.76. The molecule has 1 heterocycles. The van der Waals surface area contributed by atoms with Crippen LogP contribution in [-0.2, 0) is 0 Å². The third kappa shape index (κ3) is 3.74. The van der Waals surface area contributed by atoms with E-state index >= 15 is 0 Å². The topological polar surface area (TPSA) is 51.5 Å². The van der Waals surface area contributed by atoms with Gasteiger partial charge in [-0.25, -0.2) is 8.78 Å². The minimum atomic E-state index is -0.498. The molecule has 1 atom stereocenters. The Hall–Kier alpha value is -3.15. The fraction of sp³-hybridized carbons (Fsp3) is 0.150. The zero-order valence-electron chi connectivity index (χ0n) is 14.3. The zero-order chi connectivity index (χ0) is 18.7. The molecule has 0 aliphatic rings. The van der Waals surface area contributed by atoms with Gasteiger partial charge in [-0.15, -0.1) is 0 Å². The van der Waals surface area contributed by atoms with Crippen LogP contribution in [0, 0.1) is 11.6 Å². The first kappa shape index (κ1) is 17.7. The van der Waals surface area contributed by atoms with E-state index in [9.17, 15) is 13.6 Å². The van der Waals surface area contributed by atoms with Crippen molar-refractivity contribution in [3.05, 3.63) is 77.6 Å². The summed E-state index contributed by atoms with van der Waals surface area (Å²) in [5.41, 5.74) is 1.26. The van der Waals surface area contributed by atoms with E-state index in [1.165, 1.54) is 37.4 Å². The van der Waals surface area contributed by atoms with Gasteiger partial charge in [0.25, 0.3) is 5.91 Å². The lowest BCUT2D eigenvalue weighted by molar-refractivity contribution is 0.0912. The summed E-state index contributed by atoms with van der Waals surface area (Å²) in [5, 5.41) is 2.75. The first-order valence-electron chi connectivity index (χ1n) is 7.98. The molecule has 0 saturated heterocycles. The number of ether oxygens (including phenoxy) is 1. The van der Waals surface area contributed by atoms with Gasteiger partial charge in [-0.05, 0) is 61.0 Å². The lowest BCUT2D eigenvalue weighted by atomic mass is 10.1. The fourth-order valence-corrected chi connectivity index (χ4v) is 2.53. The molecule has 4 nitrogen and oxygen atoms in total. The second kappa shape index (κ2) is 7.39. The third-order valence-corrected chi connectivity index (χ3v) is 3.98. The van der Waals surface area contributed by atoms with Crippen LogP contribution in [0.15, 0.2) is 59.0 Å². The monoisotopic (exact) mass is 357 g/mol. The van der Waals surface area contributed by atoms with E-state index < -0.39 is 17.8 Å². The first-order valence-corrected chi connectivity index (χ1v) is 7.98. The van der Waals surface area contributed by atoms with Crippen LogP contribution in [0.4, 0.5) is 8.78 Å². The lowest BCUT2D eigenvalue weighted by Crippen LogP contribution is -2.26. The molecule has 0 spiro atoms. The highest BCUT2D eigenvalue weighted by Crippen LogP contribution is 2.24. The second-order valence-electron chi connectivity index (χ2n) is 5.76. The molecule has 0 fully saturated rings. The minimum Gasteiger partial charge on any atom is -0.494 e. The molecule has 0 aliphatic heterocycles. The molecule has 6 heteroatoms. The van der Waals surface area contributed by atoms with Gasteiger partial charge >= 0.3 is 0 Å². The summed E-state index contributed by atoms with van der Waals surface area (Å²) < 4.78 is 37.2. The highest BCUT2D eigenvalue weighted by molar-refractivity contribution is 5.92. The minimum absolute atomic E-state index is 0.116. The van der Waals surface area contributed by atoms with Gasteiger partial charge in [0.1, 0.15) is 11.6 Å². The van der Waals surface area contributed by atoms with Crippen molar-refractivity contribution in [2.45, 2.75) is 13.0 Å². The molecule has 0 aliphatic carbocycles. The van der Waals surface area contributed by atoms with Gasteiger partial charge < -0.3 is 14.5 Å². The maximum absolute atomic E-state index is 13.8. The summed E-state index contributed by atoms with van der Waals surface area (Å²) in [7, 11) is 1.39. The van der Waals surface area contributed by atoms with Crippen LogP contribution in [0.5, 0.6) is 5.75 Å². The van der Waals surface area contributed by atoms with Crippen molar-refractivity contribution in [1.29, 1.82) is 0 Å². The van der Waals surface area contributed by atoms with Crippen LogP contribution in [0.2, 0.25) is 0 Å². The number of carbonyl (C=O) groups is 1. The molecule has 134 valence electrons. The van der Waals surface area contributed by atoms with Crippen LogP contribution in [-0.4, -0.2) is 13.0 Å². The van der Waals surface area contributed by atoms with Crippen molar-refractivity contribution in [1.82, 2.24) is 5.32 Å². The van der Waals surface area contributed by atoms with Gasteiger partial charge in [-0.1, -0.05) is 6.07 Å². The Labute approximate surface area is 149 Å². The number of hydrogen-bond acceptors (Lipinski definition) is 3. The Kier molecular flexibility index (Phi) is 5.02. The fourth-order valence-electron chi connectivity index (χ4n) is 2.53. The Bertz CT molecular complexity index is 919. The van der Waals surface area contributed by atoms with Crippen molar-refractivity contribution < 1.29 is 22.7 Å². The van der Waals surface area contributed by atoms with Gasteiger partial charge in [0.05, 0.1) is 13.2 Å². The number of amides is 1. The van der Waals surface area contributed by atoms with Gasteiger partial charge in [-0.3, -0.25) is 4.79 Å². The highest BCUT2D eigenvalue weighted by atomic mass is 19.1. The van der Waals surface area contributed by atoms with Gasteiger partial charge in [-0.2, -0.15) is 0 Å². The molecular weight excluding hydrogens is 340 g/mol. The number of rotatable bonds is 5. The Balaban J connectivity index is 1.72. The van der Waals surface area contributed by atoms with E-state index in [0.29, 0.717) is 16.9 Å². The van der Waals surface area contributed by atoms with Crippen LogP contribution in [0.1, 0.15) is 29.1 Å². The summed E-state index contributed by atoms with van der Waals surface area (Å²) in [6.45, 7) is 1.74. The molecule has 1 N–H and O–H groups in total. The highest BCUT2D eigenvalue weighted by Gasteiger charge is 2.17. The quantitative estimate of drug-likeness (QED) is 0.719.